The van der Waals surface area contributed by atoms with Crippen molar-refractivity contribution in [3.8, 4) is 0 Å². The van der Waals surface area contributed by atoms with E-state index in [1.165, 1.54) is 44.3 Å². The van der Waals surface area contributed by atoms with E-state index in [-0.39, 0.29) is 0 Å². The molecule has 1 saturated heterocycles. The lowest BCUT2D eigenvalue weighted by atomic mass is 9.93. The van der Waals surface area contributed by atoms with Crippen molar-refractivity contribution < 1.29 is 0 Å². The third kappa shape index (κ3) is 3.74. The summed E-state index contributed by atoms with van der Waals surface area (Å²) in [6.07, 6.45) is 5.15. The minimum absolute atomic E-state index is 0.764. The summed E-state index contributed by atoms with van der Waals surface area (Å²) in [6.45, 7) is 7.27. The second kappa shape index (κ2) is 6.24. The number of hydrogen-bond donors (Lipinski definition) is 1. The van der Waals surface area contributed by atoms with Gasteiger partial charge in [0.2, 0.25) is 0 Å². The van der Waals surface area contributed by atoms with E-state index in [0.717, 1.165) is 17.6 Å². The zero-order chi connectivity index (χ0) is 13.0. The Kier molecular flexibility index (Phi) is 4.65. The van der Waals surface area contributed by atoms with E-state index in [4.69, 9.17) is 5.73 Å². The number of rotatable bonds is 4. The lowest BCUT2D eigenvalue weighted by Gasteiger charge is -2.36. The number of hydrogen-bond acceptors (Lipinski definition) is 2. The van der Waals surface area contributed by atoms with Gasteiger partial charge in [-0.2, -0.15) is 0 Å². The monoisotopic (exact) mass is 246 g/mol. The molecule has 1 aliphatic heterocycles. The fourth-order valence-corrected chi connectivity index (χ4v) is 2.96. The highest BCUT2D eigenvalue weighted by molar-refractivity contribution is 5.39. The average Bonchev–Trinajstić information content (AvgIpc) is 2.34. The first kappa shape index (κ1) is 13.4. The number of anilines is 1. The van der Waals surface area contributed by atoms with E-state index in [1.54, 1.807) is 0 Å². The molecular formula is C16H26N2. The van der Waals surface area contributed by atoms with Gasteiger partial charge >= 0.3 is 0 Å². The SMILES string of the molecule is CC1CCN(CCCc2ccc(N)cc2)C(C)C1. The molecule has 1 heterocycles. The Morgan fingerprint density at radius 1 is 1.22 bits per heavy atom. The molecule has 1 fully saturated rings. The standard InChI is InChI=1S/C16H26N2/c1-13-9-11-18(14(2)12-13)10-3-4-15-5-7-16(17)8-6-15/h5-8,13-14H,3-4,9-12,17H2,1-2H3. The maximum absolute atomic E-state index is 5.70. The summed E-state index contributed by atoms with van der Waals surface area (Å²) in [6, 6.07) is 9.06. The quantitative estimate of drug-likeness (QED) is 0.826. The molecule has 100 valence electrons. The van der Waals surface area contributed by atoms with Crippen LogP contribution in [0.4, 0.5) is 5.69 Å². The molecule has 0 radical (unpaired) electrons. The number of nitrogens with zero attached hydrogens (tertiary/aromatic N) is 1. The van der Waals surface area contributed by atoms with Crippen molar-refractivity contribution in [2.24, 2.45) is 5.92 Å². The van der Waals surface area contributed by atoms with Gasteiger partial charge in [-0.05, 0) is 69.3 Å². The molecule has 2 atom stereocenters. The normalized spacial score (nSPS) is 25.2. The molecule has 0 saturated carbocycles. The molecule has 0 spiro atoms. The van der Waals surface area contributed by atoms with Crippen LogP contribution in [-0.4, -0.2) is 24.0 Å². The minimum atomic E-state index is 0.764. The zero-order valence-corrected chi connectivity index (χ0v) is 11.7. The van der Waals surface area contributed by atoms with Crippen molar-refractivity contribution in [2.75, 3.05) is 18.8 Å². The van der Waals surface area contributed by atoms with Crippen LogP contribution >= 0.6 is 0 Å². The van der Waals surface area contributed by atoms with Crippen molar-refractivity contribution >= 4 is 5.69 Å². The first-order valence-corrected chi connectivity index (χ1v) is 7.23. The summed E-state index contributed by atoms with van der Waals surface area (Å²) in [5, 5.41) is 0. The predicted molar refractivity (Wildman–Crippen MR) is 78.6 cm³/mol. The molecule has 18 heavy (non-hydrogen) atoms. The van der Waals surface area contributed by atoms with Crippen molar-refractivity contribution in [3.63, 3.8) is 0 Å². The van der Waals surface area contributed by atoms with Crippen LogP contribution in [0.15, 0.2) is 24.3 Å². The lowest BCUT2D eigenvalue weighted by molar-refractivity contribution is 0.128. The average molecular weight is 246 g/mol. The Balaban J connectivity index is 1.73. The van der Waals surface area contributed by atoms with Crippen molar-refractivity contribution in [1.82, 2.24) is 4.90 Å². The van der Waals surface area contributed by atoms with Gasteiger partial charge in [-0.15, -0.1) is 0 Å². The van der Waals surface area contributed by atoms with Crippen LogP contribution in [0.3, 0.4) is 0 Å². The van der Waals surface area contributed by atoms with Crippen LogP contribution < -0.4 is 5.73 Å². The Hall–Kier alpha value is -1.02. The van der Waals surface area contributed by atoms with Gasteiger partial charge in [-0.1, -0.05) is 19.1 Å². The molecule has 1 aromatic rings. The van der Waals surface area contributed by atoms with Gasteiger partial charge < -0.3 is 10.6 Å². The maximum atomic E-state index is 5.70. The fraction of sp³-hybridized carbons (Fsp3) is 0.625. The highest BCUT2D eigenvalue weighted by Gasteiger charge is 2.21. The van der Waals surface area contributed by atoms with Crippen molar-refractivity contribution in [1.29, 1.82) is 0 Å². The molecule has 0 aliphatic carbocycles. The number of benzene rings is 1. The molecule has 2 unspecified atom stereocenters. The first-order chi connectivity index (χ1) is 8.65. The summed E-state index contributed by atoms with van der Waals surface area (Å²) in [7, 11) is 0. The van der Waals surface area contributed by atoms with E-state index in [2.05, 4.69) is 30.9 Å². The van der Waals surface area contributed by atoms with Crippen LogP contribution in [0.1, 0.15) is 38.7 Å². The topological polar surface area (TPSA) is 29.3 Å². The highest BCUT2D eigenvalue weighted by atomic mass is 15.2. The highest BCUT2D eigenvalue weighted by Crippen LogP contribution is 2.22. The van der Waals surface area contributed by atoms with Gasteiger partial charge in [0, 0.05) is 11.7 Å². The molecule has 0 amide bonds. The molecular weight excluding hydrogens is 220 g/mol. The van der Waals surface area contributed by atoms with E-state index in [9.17, 15) is 0 Å². The Labute approximate surface area is 111 Å². The third-order valence-electron chi connectivity index (χ3n) is 4.17. The molecule has 2 N–H and O–H groups in total. The maximum Gasteiger partial charge on any atom is 0.0314 e. The molecule has 2 heteroatoms. The number of likely N-dealkylation sites (tertiary alicyclic amines) is 1. The Bertz CT molecular complexity index is 358. The van der Waals surface area contributed by atoms with Gasteiger partial charge in [-0.25, -0.2) is 0 Å². The molecule has 0 bridgehead atoms. The van der Waals surface area contributed by atoms with Gasteiger partial charge in [0.25, 0.3) is 0 Å². The lowest BCUT2D eigenvalue weighted by Crippen LogP contribution is -2.40. The predicted octanol–water partition coefficient (Wildman–Crippen LogP) is 3.32. The van der Waals surface area contributed by atoms with E-state index in [0.29, 0.717) is 0 Å². The number of aryl methyl sites for hydroxylation is 1. The van der Waals surface area contributed by atoms with Gasteiger partial charge in [-0.3, -0.25) is 0 Å². The second-order valence-electron chi connectivity index (χ2n) is 5.86. The molecule has 1 aromatic carbocycles. The Morgan fingerprint density at radius 3 is 2.61 bits per heavy atom. The van der Waals surface area contributed by atoms with Crippen molar-refractivity contribution in [3.05, 3.63) is 29.8 Å². The summed E-state index contributed by atoms with van der Waals surface area (Å²) in [4.78, 5) is 2.65. The van der Waals surface area contributed by atoms with Crippen LogP contribution in [-0.2, 0) is 6.42 Å². The minimum Gasteiger partial charge on any atom is -0.399 e. The molecule has 2 rings (SSSR count). The smallest absolute Gasteiger partial charge is 0.0314 e. The number of piperidine rings is 1. The van der Waals surface area contributed by atoms with Crippen LogP contribution in [0.5, 0.6) is 0 Å². The number of nitrogens with two attached hydrogens (primary N) is 1. The summed E-state index contributed by atoms with van der Waals surface area (Å²) >= 11 is 0. The van der Waals surface area contributed by atoms with Gasteiger partial charge in [0.15, 0.2) is 0 Å². The summed E-state index contributed by atoms with van der Waals surface area (Å²) in [5.41, 5.74) is 7.96. The van der Waals surface area contributed by atoms with Crippen LogP contribution in [0.25, 0.3) is 0 Å². The van der Waals surface area contributed by atoms with E-state index in [1.807, 2.05) is 12.1 Å². The zero-order valence-electron chi connectivity index (χ0n) is 11.7. The van der Waals surface area contributed by atoms with E-state index < -0.39 is 0 Å². The molecule has 1 aliphatic rings. The summed E-state index contributed by atoms with van der Waals surface area (Å²) in [5.74, 6) is 0.911. The third-order valence-corrected chi connectivity index (χ3v) is 4.17. The molecule has 0 aromatic heterocycles. The van der Waals surface area contributed by atoms with E-state index >= 15 is 0 Å². The molecule has 2 nitrogen and oxygen atoms in total. The van der Waals surface area contributed by atoms with Crippen LogP contribution in [0, 0.1) is 5.92 Å². The summed E-state index contributed by atoms with van der Waals surface area (Å²) < 4.78 is 0. The van der Waals surface area contributed by atoms with Crippen molar-refractivity contribution in [2.45, 2.75) is 45.6 Å². The van der Waals surface area contributed by atoms with Gasteiger partial charge in [0.1, 0.15) is 0 Å². The Morgan fingerprint density at radius 2 is 1.94 bits per heavy atom. The van der Waals surface area contributed by atoms with Crippen LogP contribution in [0.2, 0.25) is 0 Å². The largest absolute Gasteiger partial charge is 0.399 e. The number of nitrogen functional groups attached to an aromatic ring is 1. The fourth-order valence-electron chi connectivity index (χ4n) is 2.96. The first-order valence-electron chi connectivity index (χ1n) is 7.23. The van der Waals surface area contributed by atoms with Gasteiger partial charge in [0.05, 0.1) is 0 Å². The second-order valence-corrected chi connectivity index (χ2v) is 5.86.